The smallest absolute Gasteiger partial charge is 0.0468 e. The highest BCUT2D eigenvalue weighted by Crippen LogP contribution is 2.18. The van der Waals surface area contributed by atoms with E-state index < -0.39 is 0 Å². The van der Waals surface area contributed by atoms with E-state index in [1.54, 1.807) is 0 Å². The summed E-state index contributed by atoms with van der Waals surface area (Å²) in [6.07, 6.45) is 3.82. The number of hydrogen-bond acceptors (Lipinski definition) is 3. The molecule has 0 aromatic heterocycles. The third-order valence-corrected chi connectivity index (χ3v) is 3.29. The van der Waals surface area contributed by atoms with Crippen molar-refractivity contribution < 1.29 is 4.74 Å². The van der Waals surface area contributed by atoms with E-state index in [2.05, 4.69) is 18.9 Å². The van der Waals surface area contributed by atoms with Gasteiger partial charge in [-0.15, -0.1) is 0 Å². The van der Waals surface area contributed by atoms with E-state index in [0.717, 1.165) is 32.2 Å². The first-order valence-electron chi connectivity index (χ1n) is 6.18. The first-order chi connectivity index (χ1) is 7.22. The van der Waals surface area contributed by atoms with Crippen LogP contribution in [0.15, 0.2) is 0 Å². The third-order valence-electron chi connectivity index (χ3n) is 3.29. The van der Waals surface area contributed by atoms with Crippen LogP contribution < -0.4 is 5.73 Å². The Balaban J connectivity index is 2.07. The van der Waals surface area contributed by atoms with Crippen LogP contribution in [-0.4, -0.2) is 44.8 Å². The zero-order chi connectivity index (χ0) is 11.1. The summed E-state index contributed by atoms with van der Waals surface area (Å²) >= 11 is 0. The summed E-state index contributed by atoms with van der Waals surface area (Å²) in [5.74, 6) is 1.50. The molecule has 2 N–H and O–H groups in total. The van der Waals surface area contributed by atoms with Crippen LogP contribution >= 0.6 is 0 Å². The molecule has 1 rings (SSSR count). The van der Waals surface area contributed by atoms with Gasteiger partial charge in [-0.25, -0.2) is 0 Å². The van der Waals surface area contributed by atoms with Crippen LogP contribution in [0.2, 0.25) is 0 Å². The minimum Gasteiger partial charge on any atom is -0.381 e. The molecule has 1 atom stereocenters. The lowest BCUT2D eigenvalue weighted by molar-refractivity contribution is 0.0606. The number of hydrogen-bond donors (Lipinski definition) is 1. The summed E-state index contributed by atoms with van der Waals surface area (Å²) in [5, 5.41) is 0. The van der Waals surface area contributed by atoms with Crippen molar-refractivity contribution in [3.63, 3.8) is 0 Å². The van der Waals surface area contributed by atoms with Crippen molar-refractivity contribution in [2.24, 2.45) is 17.6 Å². The Bertz CT molecular complexity index is 158. The molecule has 1 saturated heterocycles. The Hall–Kier alpha value is -0.120. The summed E-state index contributed by atoms with van der Waals surface area (Å²) in [7, 11) is 2.20. The summed E-state index contributed by atoms with van der Waals surface area (Å²) in [4.78, 5) is 2.41. The van der Waals surface area contributed by atoms with E-state index >= 15 is 0 Å². The van der Waals surface area contributed by atoms with Crippen molar-refractivity contribution in [1.29, 1.82) is 0 Å². The van der Waals surface area contributed by atoms with Gasteiger partial charge in [-0.1, -0.05) is 6.92 Å². The molecule has 1 aliphatic rings. The lowest BCUT2D eigenvalue weighted by atomic mass is 9.96. The Kier molecular flexibility index (Phi) is 6.22. The number of nitrogens with zero attached hydrogens (tertiary/aromatic N) is 1. The highest BCUT2D eigenvalue weighted by Gasteiger charge is 2.14. The lowest BCUT2D eigenvalue weighted by Crippen LogP contribution is -2.30. The van der Waals surface area contributed by atoms with Gasteiger partial charge in [0, 0.05) is 19.8 Å². The molecule has 0 bridgehead atoms. The fourth-order valence-corrected chi connectivity index (χ4v) is 2.14. The van der Waals surface area contributed by atoms with Crippen LogP contribution in [-0.2, 0) is 4.74 Å². The average molecular weight is 214 g/mol. The molecule has 0 radical (unpaired) electrons. The van der Waals surface area contributed by atoms with Gasteiger partial charge in [-0.3, -0.25) is 0 Å². The normalized spacial score (nSPS) is 20.8. The molecule has 1 heterocycles. The molecule has 0 aromatic rings. The SMILES string of the molecule is CC(CN)CN(C)CCC1CCOCC1. The maximum Gasteiger partial charge on any atom is 0.0468 e. The van der Waals surface area contributed by atoms with Crippen LogP contribution in [0.25, 0.3) is 0 Å². The molecule has 1 aliphatic heterocycles. The third kappa shape index (κ3) is 5.50. The predicted octanol–water partition coefficient (Wildman–Crippen LogP) is 1.33. The van der Waals surface area contributed by atoms with Crippen molar-refractivity contribution in [2.45, 2.75) is 26.2 Å². The van der Waals surface area contributed by atoms with Gasteiger partial charge in [0.2, 0.25) is 0 Å². The predicted molar refractivity (Wildman–Crippen MR) is 63.9 cm³/mol. The molecular weight excluding hydrogens is 188 g/mol. The molecule has 15 heavy (non-hydrogen) atoms. The number of nitrogens with two attached hydrogens (primary N) is 1. The number of rotatable bonds is 6. The lowest BCUT2D eigenvalue weighted by Gasteiger charge is -2.26. The van der Waals surface area contributed by atoms with E-state index in [1.807, 2.05) is 0 Å². The summed E-state index contributed by atoms with van der Waals surface area (Å²) in [6.45, 7) is 7.27. The zero-order valence-electron chi connectivity index (χ0n) is 10.2. The van der Waals surface area contributed by atoms with E-state index in [4.69, 9.17) is 10.5 Å². The van der Waals surface area contributed by atoms with E-state index in [-0.39, 0.29) is 0 Å². The Morgan fingerprint density at radius 1 is 1.40 bits per heavy atom. The minimum absolute atomic E-state index is 0.615. The Morgan fingerprint density at radius 2 is 2.07 bits per heavy atom. The molecule has 0 spiro atoms. The second-order valence-corrected chi connectivity index (χ2v) is 4.95. The quantitative estimate of drug-likeness (QED) is 0.725. The van der Waals surface area contributed by atoms with Gasteiger partial charge in [-0.2, -0.15) is 0 Å². The average Bonchev–Trinajstić information content (AvgIpc) is 2.27. The summed E-state index contributed by atoms with van der Waals surface area (Å²) < 4.78 is 5.36. The molecule has 0 aromatic carbocycles. The van der Waals surface area contributed by atoms with Crippen LogP contribution in [0.3, 0.4) is 0 Å². The van der Waals surface area contributed by atoms with Crippen LogP contribution in [0.4, 0.5) is 0 Å². The molecule has 1 unspecified atom stereocenters. The highest BCUT2D eigenvalue weighted by molar-refractivity contribution is 4.66. The molecule has 0 amide bonds. The van der Waals surface area contributed by atoms with Crippen LogP contribution in [0.1, 0.15) is 26.2 Å². The zero-order valence-corrected chi connectivity index (χ0v) is 10.2. The molecule has 3 nitrogen and oxygen atoms in total. The first kappa shape index (κ1) is 12.9. The molecule has 3 heteroatoms. The molecule has 0 saturated carbocycles. The standard InChI is InChI=1S/C12H26N2O/c1-11(9-13)10-14(2)6-3-12-4-7-15-8-5-12/h11-12H,3-10,13H2,1-2H3. The van der Waals surface area contributed by atoms with Gasteiger partial charge in [0.25, 0.3) is 0 Å². The Morgan fingerprint density at radius 3 is 2.67 bits per heavy atom. The monoisotopic (exact) mass is 214 g/mol. The first-order valence-corrected chi connectivity index (χ1v) is 6.18. The molecule has 0 aliphatic carbocycles. The molecular formula is C12H26N2O. The van der Waals surface area contributed by atoms with Crippen LogP contribution in [0.5, 0.6) is 0 Å². The summed E-state index contributed by atoms with van der Waals surface area (Å²) in [6, 6.07) is 0. The van der Waals surface area contributed by atoms with Gasteiger partial charge in [-0.05, 0) is 51.2 Å². The van der Waals surface area contributed by atoms with Gasteiger partial charge in [0.05, 0.1) is 0 Å². The van der Waals surface area contributed by atoms with Gasteiger partial charge in [0.15, 0.2) is 0 Å². The fourth-order valence-electron chi connectivity index (χ4n) is 2.14. The maximum absolute atomic E-state index is 5.62. The summed E-state index contributed by atoms with van der Waals surface area (Å²) in [5.41, 5.74) is 5.62. The minimum atomic E-state index is 0.615. The van der Waals surface area contributed by atoms with Gasteiger partial charge < -0.3 is 15.4 Å². The van der Waals surface area contributed by atoms with Crippen molar-refractivity contribution in [1.82, 2.24) is 4.90 Å². The maximum atomic E-state index is 5.62. The molecule has 90 valence electrons. The highest BCUT2D eigenvalue weighted by atomic mass is 16.5. The molecule has 1 fully saturated rings. The van der Waals surface area contributed by atoms with Crippen molar-refractivity contribution >= 4 is 0 Å². The van der Waals surface area contributed by atoms with E-state index in [0.29, 0.717) is 5.92 Å². The topological polar surface area (TPSA) is 38.5 Å². The second-order valence-electron chi connectivity index (χ2n) is 4.95. The van der Waals surface area contributed by atoms with Gasteiger partial charge in [0.1, 0.15) is 0 Å². The van der Waals surface area contributed by atoms with Crippen molar-refractivity contribution in [2.75, 3.05) is 39.9 Å². The van der Waals surface area contributed by atoms with Crippen LogP contribution in [0, 0.1) is 11.8 Å². The van der Waals surface area contributed by atoms with Crippen molar-refractivity contribution in [3.05, 3.63) is 0 Å². The fraction of sp³-hybridized carbons (Fsp3) is 1.00. The van der Waals surface area contributed by atoms with E-state index in [9.17, 15) is 0 Å². The van der Waals surface area contributed by atoms with E-state index in [1.165, 1.54) is 25.8 Å². The second kappa shape index (κ2) is 7.20. The Labute approximate surface area is 94.0 Å². The van der Waals surface area contributed by atoms with Gasteiger partial charge >= 0.3 is 0 Å². The largest absolute Gasteiger partial charge is 0.381 e. The van der Waals surface area contributed by atoms with Crippen molar-refractivity contribution in [3.8, 4) is 0 Å². The number of ether oxygens (including phenoxy) is 1.